The maximum atomic E-state index is 13.0. The second-order valence-corrected chi connectivity index (χ2v) is 9.60. The number of benzene rings is 2. The van der Waals surface area contributed by atoms with Gasteiger partial charge in [-0.05, 0) is 49.2 Å². The Morgan fingerprint density at radius 2 is 1.93 bits per heavy atom. The van der Waals surface area contributed by atoms with E-state index in [1.165, 1.54) is 10.6 Å². The molecule has 4 rings (SSSR count). The van der Waals surface area contributed by atoms with Gasteiger partial charge in [-0.2, -0.15) is 5.10 Å². The largest absolute Gasteiger partial charge is 0.337 e. The van der Waals surface area contributed by atoms with Crippen molar-refractivity contribution in [3.8, 4) is 5.69 Å². The molecule has 156 valence electrons. The molecule has 1 amide bonds. The SMILES string of the molecule is CC1Cc2cc(C(=O)N(C)Cc3cnn(-c4ccccc4)c3)ccc2N1S(C)(=O)=O. The summed E-state index contributed by atoms with van der Waals surface area (Å²) in [5, 5.41) is 4.37. The molecule has 30 heavy (non-hydrogen) atoms. The minimum absolute atomic E-state index is 0.115. The Bertz CT molecular complexity index is 1190. The summed E-state index contributed by atoms with van der Waals surface area (Å²) in [5.74, 6) is -0.115. The van der Waals surface area contributed by atoms with E-state index in [2.05, 4.69) is 5.10 Å². The molecular formula is C22H24N4O3S. The number of carbonyl (C=O) groups is 1. The molecule has 1 aromatic heterocycles. The van der Waals surface area contributed by atoms with Crippen LogP contribution in [0.5, 0.6) is 0 Å². The van der Waals surface area contributed by atoms with Crippen LogP contribution in [0.15, 0.2) is 60.9 Å². The molecule has 1 aliphatic heterocycles. The molecule has 1 atom stereocenters. The van der Waals surface area contributed by atoms with Crippen LogP contribution in [-0.4, -0.2) is 48.4 Å². The fraction of sp³-hybridized carbons (Fsp3) is 0.273. The van der Waals surface area contributed by atoms with Crippen molar-refractivity contribution < 1.29 is 13.2 Å². The van der Waals surface area contributed by atoms with Crippen LogP contribution in [0, 0.1) is 0 Å². The molecule has 7 nitrogen and oxygen atoms in total. The number of fused-ring (bicyclic) bond motifs is 1. The van der Waals surface area contributed by atoms with Gasteiger partial charge in [0.1, 0.15) is 0 Å². The summed E-state index contributed by atoms with van der Waals surface area (Å²) in [5.41, 5.74) is 3.97. The first-order chi connectivity index (χ1) is 14.2. The van der Waals surface area contributed by atoms with Crippen LogP contribution in [0.25, 0.3) is 5.69 Å². The Hall–Kier alpha value is -3.13. The van der Waals surface area contributed by atoms with Gasteiger partial charge in [0.25, 0.3) is 5.91 Å². The molecule has 1 unspecified atom stereocenters. The molecule has 0 fully saturated rings. The molecule has 8 heteroatoms. The summed E-state index contributed by atoms with van der Waals surface area (Å²) in [6.45, 7) is 2.30. The van der Waals surface area contributed by atoms with Gasteiger partial charge in [-0.15, -0.1) is 0 Å². The lowest BCUT2D eigenvalue weighted by atomic mass is 10.1. The number of anilines is 1. The number of hydrogen-bond acceptors (Lipinski definition) is 4. The quantitative estimate of drug-likeness (QED) is 0.631. The van der Waals surface area contributed by atoms with E-state index < -0.39 is 10.0 Å². The highest BCUT2D eigenvalue weighted by atomic mass is 32.2. The van der Waals surface area contributed by atoms with Crippen molar-refractivity contribution in [3.63, 3.8) is 0 Å². The second-order valence-electron chi connectivity index (χ2n) is 7.75. The number of nitrogens with zero attached hydrogens (tertiary/aromatic N) is 4. The third-order valence-electron chi connectivity index (χ3n) is 5.26. The molecule has 1 aliphatic rings. The van der Waals surface area contributed by atoms with Crippen molar-refractivity contribution in [2.75, 3.05) is 17.6 Å². The summed E-state index contributed by atoms with van der Waals surface area (Å²) >= 11 is 0. The van der Waals surface area contributed by atoms with E-state index in [1.807, 2.05) is 49.5 Å². The van der Waals surface area contributed by atoms with Gasteiger partial charge in [-0.3, -0.25) is 9.10 Å². The Kier molecular flexibility index (Phi) is 5.11. The average molecular weight is 425 g/mol. The van der Waals surface area contributed by atoms with E-state index in [4.69, 9.17) is 0 Å². The van der Waals surface area contributed by atoms with Gasteiger partial charge in [0.05, 0.1) is 23.8 Å². The van der Waals surface area contributed by atoms with Gasteiger partial charge in [0.2, 0.25) is 10.0 Å². The topological polar surface area (TPSA) is 75.5 Å². The smallest absolute Gasteiger partial charge is 0.253 e. The molecule has 0 radical (unpaired) electrons. The van der Waals surface area contributed by atoms with Crippen molar-refractivity contribution in [1.29, 1.82) is 0 Å². The number of para-hydroxylation sites is 1. The van der Waals surface area contributed by atoms with E-state index in [0.717, 1.165) is 16.8 Å². The first-order valence-corrected chi connectivity index (χ1v) is 11.6. The molecule has 3 aromatic rings. The summed E-state index contributed by atoms with van der Waals surface area (Å²) in [6, 6.07) is 14.9. The Morgan fingerprint density at radius 3 is 2.63 bits per heavy atom. The van der Waals surface area contributed by atoms with Crippen molar-refractivity contribution in [3.05, 3.63) is 77.6 Å². The maximum Gasteiger partial charge on any atom is 0.253 e. The predicted octanol–water partition coefficient (Wildman–Crippen LogP) is 2.86. The van der Waals surface area contributed by atoms with Crippen LogP contribution in [0.3, 0.4) is 0 Å². The monoisotopic (exact) mass is 424 g/mol. The van der Waals surface area contributed by atoms with Crippen LogP contribution in [0.4, 0.5) is 5.69 Å². The first-order valence-electron chi connectivity index (χ1n) is 9.71. The minimum Gasteiger partial charge on any atom is -0.337 e. The summed E-state index contributed by atoms with van der Waals surface area (Å²) in [6.07, 6.45) is 5.47. The Morgan fingerprint density at radius 1 is 1.20 bits per heavy atom. The third-order valence-corrected chi connectivity index (χ3v) is 6.53. The summed E-state index contributed by atoms with van der Waals surface area (Å²) in [4.78, 5) is 14.6. The predicted molar refractivity (Wildman–Crippen MR) is 116 cm³/mol. The van der Waals surface area contributed by atoms with E-state index in [0.29, 0.717) is 24.2 Å². The summed E-state index contributed by atoms with van der Waals surface area (Å²) < 4.78 is 27.4. The molecular weight excluding hydrogens is 400 g/mol. The highest BCUT2D eigenvalue weighted by Gasteiger charge is 2.33. The van der Waals surface area contributed by atoms with Gasteiger partial charge in [0, 0.05) is 37.0 Å². The van der Waals surface area contributed by atoms with Gasteiger partial charge in [0.15, 0.2) is 0 Å². The second kappa shape index (κ2) is 7.60. The lowest BCUT2D eigenvalue weighted by Gasteiger charge is -2.22. The molecule has 0 spiro atoms. The van der Waals surface area contributed by atoms with Gasteiger partial charge in [-0.1, -0.05) is 18.2 Å². The zero-order chi connectivity index (χ0) is 21.5. The number of amides is 1. The maximum absolute atomic E-state index is 13.0. The lowest BCUT2D eigenvalue weighted by Crippen LogP contribution is -2.34. The number of rotatable bonds is 5. The first kappa shape index (κ1) is 20.2. The molecule has 0 saturated carbocycles. The average Bonchev–Trinajstić information content (AvgIpc) is 3.30. The van der Waals surface area contributed by atoms with Crippen molar-refractivity contribution in [2.45, 2.75) is 25.9 Å². The number of aromatic nitrogens is 2. The van der Waals surface area contributed by atoms with E-state index in [-0.39, 0.29) is 11.9 Å². The van der Waals surface area contributed by atoms with Crippen molar-refractivity contribution in [1.82, 2.24) is 14.7 Å². The third kappa shape index (κ3) is 3.82. The Labute approximate surface area is 176 Å². The van der Waals surface area contributed by atoms with Gasteiger partial charge >= 0.3 is 0 Å². The molecule has 0 aliphatic carbocycles. The van der Waals surface area contributed by atoms with Crippen LogP contribution in [0.1, 0.15) is 28.4 Å². The normalized spacial score (nSPS) is 15.8. The van der Waals surface area contributed by atoms with Crippen molar-refractivity contribution >= 4 is 21.6 Å². The number of carbonyl (C=O) groups excluding carboxylic acids is 1. The molecule has 2 heterocycles. The van der Waals surface area contributed by atoms with E-state index >= 15 is 0 Å². The van der Waals surface area contributed by atoms with Gasteiger partial charge < -0.3 is 4.90 Å². The van der Waals surface area contributed by atoms with Crippen LogP contribution < -0.4 is 4.31 Å². The van der Waals surface area contributed by atoms with E-state index in [1.54, 1.807) is 35.0 Å². The number of hydrogen-bond donors (Lipinski definition) is 0. The lowest BCUT2D eigenvalue weighted by molar-refractivity contribution is 0.0785. The molecule has 0 N–H and O–H groups in total. The highest BCUT2D eigenvalue weighted by Crippen LogP contribution is 2.34. The van der Waals surface area contributed by atoms with Crippen LogP contribution in [-0.2, 0) is 23.0 Å². The zero-order valence-electron chi connectivity index (χ0n) is 17.2. The minimum atomic E-state index is -3.35. The fourth-order valence-corrected chi connectivity index (χ4v) is 5.23. The summed E-state index contributed by atoms with van der Waals surface area (Å²) in [7, 11) is -1.60. The molecule has 2 aromatic carbocycles. The van der Waals surface area contributed by atoms with E-state index in [9.17, 15) is 13.2 Å². The highest BCUT2D eigenvalue weighted by molar-refractivity contribution is 7.92. The van der Waals surface area contributed by atoms with Gasteiger partial charge in [-0.25, -0.2) is 13.1 Å². The van der Waals surface area contributed by atoms with Crippen molar-refractivity contribution in [2.24, 2.45) is 0 Å². The zero-order valence-corrected chi connectivity index (χ0v) is 18.0. The molecule has 0 bridgehead atoms. The fourth-order valence-electron chi connectivity index (χ4n) is 3.97. The standard InChI is InChI=1S/C22H24N4O3S/c1-16-11-19-12-18(9-10-21(19)26(16)30(3,28)29)22(27)24(2)14-17-13-23-25(15-17)20-7-5-4-6-8-20/h4-10,12-13,15-16H,11,14H2,1-3H3. The van der Waals surface area contributed by atoms with Crippen LogP contribution in [0.2, 0.25) is 0 Å². The molecule has 0 saturated heterocycles. The Balaban J connectivity index is 1.50. The number of sulfonamides is 1. The van der Waals surface area contributed by atoms with Crippen LogP contribution >= 0.6 is 0 Å².